The van der Waals surface area contributed by atoms with Gasteiger partial charge in [0, 0.05) is 11.6 Å². The fourth-order valence-corrected chi connectivity index (χ4v) is 2.23. The molecule has 0 spiro atoms. The van der Waals surface area contributed by atoms with Gasteiger partial charge in [-0.1, -0.05) is 18.2 Å². The molecule has 0 aliphatic heterocycles. The Kier molecular flexibility index (Phi) is 3.06. The number of para-hydroxylation sites is 1. The number of hydrogen-bond acceptors (Lipinski definition) is 4. The number of rotatable bonds is 2. The maximum atomic E-state index is 5.43. The SMILES string of the molecule is COc1nc2ccccc2cc1-c1nc(C)ncc1C. The predicted molar refractivity (Wildman–Crippen MR) is 78.8 cm³/mol. The predicted octanol–water partition coefficient (Wildman–Crippen LogP) is 3.32. The second-order valence-electron chi connectivity index (χ2n) is 4.69. The number of hydrogen-bond donors (Lipinski definition) is 0. The highest BCUT2D eigenvalue weighted by Crippen LogP contribution is 2.31. The number of fused-ring (bicyclic) bond motifs is 1. The minimum Gasteiger partial charge on any atom is -0.480 e. The first-order chi connectivity index (χ1) is 9.69. The van der Waals surface area contributed by atoms with Crippen molar-refractivity contribution in [1.82, 2.24) is 15.0 Å². The molecule has 0 atom stereocenters. The number of pyridine rings is 1. The van der Waals surface area contributed by atoms with E-state index in [9.17, 15) is 0 Å². The van der Waals surface area contributed by atoms with E-state index in [0.717, 1.165) is 33.5 Å². The number of methoxy groups -OCH3 is 1. The molecule has 4 nitrogen and oxygen atoms in total. The third-order valence-corrected chi connectivity index (χ3v) is 3.23. The Morgan fingerprint density at radius 2 is 1.85 bits per heavy atom. The molecule has 0 aliphatic rings. The smallest absolute Gasteiger partial charge is 0.223 e. The molecule has 0 N–H and O–H groups in total. The van der Waals surface area contributed by atoms with Gasteiger partial charge in [0.25, 0.3) is 0 Å². The molecule has 0 bridgehead atoms. The number of aromatic nitrogens is 3. The third-order valence-electron chi connectivity index (χ3n) is 3.23. The van der Waals surface area contributed by atoms with Crippen LogP contribution < -0.4 is 4.74 Å². The molecule has 0 amide bonds. The summed E-state index contributed by atoms with van der Waals surface area (Å²) in [5.74, 6) is 1.32. The molecule has 2 heterocycles. The summed E-state index contributed by atoms with van der Waals surface area (Å²) in [7, 11) is 1.63. The van der Waals surface area contributed by atoms with Crippen LogP contribution in [0.15, 0.2) is 36.5 Å². The van der Waals surface area contributed by atoms with E-state index in [0.29, 0.717) is 5.88 Å². The normalized spacial score (nSPS) is 10.8. The molecule has 0 fully saturated rings. The van der Waals surface area contributed by atoms with Gasteiger partial charge in [0.1, 0.15) is 5.82 Å². The summed E-state index contributed by atoms with van der Waals surface area (Å²) in [6, 6.07) is 10.0. The molecular weight excluding hydrogens is 250 g/mol. The monoisotopic (exact) mass is 265 g/mol. The Labute approximate surface area is 117 Å². The van der Waals surface area contributed by atoms with Crippen molar-refractivity contribution < 1.29 is 4.74 Å². The number of aryl methyl sites for hydroxylation is 2. The van der Waals surface area contributed by atoms with E-state index in [1.165, 1.54) is 0 Å². The van der Waals surface area contributed by atoms with Crippen molar-refractivity contribution in [1.29, 1.82) is 0 Å². The Morgan fingerprint density at radius 3 is 2.65 bits per heavy atom. The summed E-state index contributed by atoms with van der Waals surface area (Å²) in [5.41, 5.74) is 3.68. The Bertz CT molecular complexity index is 784. The quantitative estimate of drug-likeness (QED) is 0.713. The van der Waals surface area contributed by atoms with Crippen LogP contribution in [0, 0.1) is 13.8 Å². The van der Waals surface area contributed by atoms with Crippen molar-refractivity contribution in [3.63, 3.8) is 0 Å². The van der Waals surface area contributed by atoms with Crippen LogP contribution in [0.1, 0.15) is 11.4 Å². The molecule has 0 saturated heterocycles. The summed E-state index contributed by atoms with van der Waals surface area (Å²) < 4.78 is 5.43. The summed E-state index contributed by atoms with van der Waals surface area (Å²) in [6.07, 6.45) is 1.83. The average molecular weight is 265 g/mol. The molecule has 3 aromatic rings. The fourth-order valence-electron chi connectivity index (χ4n) is 2.23. The Hall–Kier alpha value is -2.49. The van der Waals surface area contributed by atoms with E-state index < -0.39 is 0 Å². The molecular formula is C16H15N3O. The maximum absolute atomic E-state index is 5.43. The lowest BCUT2D eigenvalue weighted by atomic mass is 10.1. The van der Waals surface area contributed by atoms with Gasteiger partial charge in [-0.15, -0.1) is 0 Å². The first-order valence-electron chi connectivity index (χ1n) is 6.43. The van der Waals surface area contributed by atoms with Crippen molar-refractivity contribution in [2.24, 2.45) is 0 Å². The molecule has 4 heteroatoms. The summed E-state index contributed by atoms with van der Waals surface area (Å²) in [5, 5.41) is 1.07. The van der Waals surface area contributed by atoms with E-state index in [1.807, 2.05) is 44.3 Å². The van der Waals surface area contributed by atoms with E-state index in [1.54, 1.807) is 7.11 Å². The van der Waals surface area contributed by atoms with Crippen molar-refractivity contribution >= 4 is 10.9 Å². The topological polar surface area (TPSA) is 47.9 Å². The highest BCUT2D eigenvalue weighted by Gasteiger charge is 2.13. The number of nitrogens with zero attached hydrogens (tertiary/aromatic N) is 3. The van der Waals surface area contributed by atoms with Crippen LogP contribution in [0.25, 0.3) is 22.2 Å². The summed E-state index contributed by atoms with van der Waals surface area (Å²) in [4.78, 5) is 13.3. The largest absolute Gasteiger partial charge is 0.480 e. The zero-order valence-electron chi connectivity index (χ0n) is 11.7. The minimum atomic E-state index is 0.588. The van der Waals surface area contributed by atoms with Crippen molar-refractivity contribution in [3.8, 4) is 17.1 Å². The molecule has 0 aliphatic carbocycles. The van der Waals surface area contributed by atoms with Gasteiger partial charge < -0.3 is 4.74 Å². The highest BCUT2D eigenvalue weighted by atomic mass is 16.5. The Balaban J connectivity index is 2.31. The second kappa shape index (κ2) is 4.89. The molecule has 20 heavy (non-hydrogen) atoms. The van der Waals surface area contributed by atoms with Crippen LogP contribution in [0.3, 0.4) is 0 Å². The van der Waals surface area contributed by atoms with Gasteiger partial charge in [0.15, 0.2) is 0 Å². The second-order valence-corrected chi connectivity index (χ2v) is 4.69. The van der Waals surface area contributed by atoms with Gasteiger partial charge in [-0.25, -0.2) is 15.0 Å². The van der Waals surface area contributed by atoms with E-state index in [-0.39, 0.29) is 0 Å². The van der Waals surface area contributed by atoms with E-state index in [4.69, 9.17) is 4.74 Å². The van der Waals surface area contributed by atoms with Crippen LogP contribution in [-0.2, 0) is 0 Å². The van der Waals surface area contributed by atoms with Gasteiger partial charge in [0.05, 0.1) is 23.9 Å². The summed E-state index contributed by atoms with van der Waals surface area (Å²) in [6.45, 7) is 3.87. The van der Waals surface area contributed by atoms with E-state index >= 15 is 0 Å². The lowest BCUT2D eigenvalue weighted by Crippen LogP contribution is -1.98. The zero-order valence-corrected chi connectivity index (χ0v) is 11.7. The van der Waals surface area contributed by atoms with Crippen molar-refractivity contribution in [2.45, 2.75) is 13.8 Å². The number of benzene rings is 1. The van der Waals surface area contributed by atoms with Crippen LogP contribution >= 0.6 is 0 Å². The lowest BCUT2D eigenvalue weighted by molar-refractivity contribution is 0.401. The van der Waals surface area contributed by atoms with Gasteiger partial charge in [-0.3, -0.25) is 0 Å². The summed E-state index contributed by atoms with van der Waals surface area (Å²) >= 11 is 0. The van der Waals surface area contributed by atoms with Gasteiger partial charge in [-0.05, 0) is 31.5 Å². The molecule has 0 unspecified atom stereocenters. The third kappa shape index (κ3) is 2.09. The Morgan fingerprint density at radius 1 is 1.05 bits per heavy atom. The highest BCUT2D eigenvalue weighted by molar-refractivity contribution is 5.85. The molecule has 0 radical (unpaired) electrons. The van der Waals surface area contributed by atoms with Gasteiger partial charge >= 0.3 is 0 Å². The van der Waals surface area contributed by atoms with Gasteiger partial charge in [-0.2, -0.15) is 0 Å². The van der Waals surface area contributed by atoms with Gasteiger partial charge in [0.2, 0.25) is 5.88 Å². The molecule has 1 aromatic carbocycles. The van der Waals surface area contributed by atoms with Crippen molar-refractivity contribution in [3.05, 3.63) is 47.9 Å². The average Bonchev–Trinajstić information content (AvgIpc) is 2.48. The van der Waals surface area contributed by atoms with Crippen molar-refractivity contribution in [2.75, 3.05) is 7.11 Å². The fraction of sp³-hybridized carbons (Fsp3) is 0.188. The first kappa shape index (κ1) is 12.5. The van der Waals surface area contributed by atoms with Crippen LogP contribution in [0.2, 0.25) is 0 Å². The van der Waals surface area contributed by atoms with Crippen LogP contribution in [-0.4, -0.2) is 22.1 Å². The minimum absolute atomic E-state index is 0.588. The molecule has 0 saturated carbocycles. The zero-order chi connectivity index (χ0) is 14.1. The molecule has 2 aromatic heterocycles. The standard InChI is InChI=1S/C16H15N3O/c1-10-9-17-11(2)18-15(10)13-8-12-6-4-5-7-14(12)19-16(13)20-3/h4-9H,1-3H3. The first-order valence-corrected chi connectivity index (χ1v) is 6.43. The maximum Gasteiger partial charge on any atom is 0.223 e. The lowest BCUT2D eigenvalue weighted by Gasteiger charge is -2.11. The number of ether oxygens (including phenoxy) is 1. The molecule has 3 rings (SSSR count). The van der Waals surface area contributed by atoms with E-state index in [2.05, 4.69) is 21.0 Å². The van der Waals surface area contributed by atoms with Crippen LogP contribution in [0.5, 0.6) is 5.88 Å². The van der Waals surface area contributed by atoms with Crippen LogP contribution in [0.4, 0.5) is 0 Å². The molecule has 100 valence electrons.